The van der Waals surface area contributed by atoms with Crippen LogP contribution in [0.5, 0.6) is 0 Å². The number of carbonyl (C=O) groups is 2. The Morgan fingerprint density at radius 2 is 1.88 bits per heavy atom. The quantitative estimate of drug-likeness (QED) is 0.804. The maximum Gasteiger partial charge on any atom is 0.410 e. The monoisotopic (exact) mass is 339 g/mol. The second kappa shape index (κ2) is 7.38. The molecule has 0 atom stereocenters. The van der Waals surface area contributed by atoms with Crippen LogP contribution in [0.15, 0.2) is 42.5 Å². The van der Waals surface area contributed by atoms with E-state index in [4.69, 9.17) is 9.47 Å². The highest BCUT2D eigenvalue weighted by atomic mass is 16.6. The molecule has 1 aliphatic rings. The summed E-state index contributed by atoms with van der Waals surface area (Å²) in [4.78, 5) is 25.9. The molecule has 0 fully saturated rings. The molecular formula is C20H21NO4. The molecule has 5 heteroatoms. The van der Waals surface area contributed by atoms with Gasteiger partial charge in [0.25, 0.3) is 0 Å². The van der Waals surface area contributed by atoms with Crippen LogP contribution >= 0.6 is 0 Å². The SMILES string of the molecule is COC(=O)c1cc2c(cc1C)CCN(C(=O)OCc1ccccc1)C2. The van der Waals surface area contributed by atoms with Crippen LogP contribution in [0.4, 0.5) is 4.79 Å². The molecule has 0 aromatic heterocycles. The first kappa shape index (κ1) is 17.0. The van der Waals surface area contributed by atoms with Crippen LogP contribution in [-0.2, 0) is 29.0 Å². The minimum Gasteiger partial charge on any atom is -0.465 e. The number of hydrogen-bond donors (Lipinski definition) is 0. The Balaban J connectivity index is 1.69. The van der Waals surface area contributed by atoms with Gasteiger partial charge >= 0.3 is 12.1 Å². The molecule has 130 valence electrons. The van der Waals surface area contributed by atoms with Gasteiger partial charge in [0.15, 0.2) is 0 Å². The Morgan fingerprint density at radius 1 is 1.12 bits per heavy atom. The molecule has 2 aromatic rings. The van der Waals surface area contributed by atoms with E-state index in [1.807, 2.05) is 49.4 Å². The lowest BCUT2D eigenvalue weighted by Gasteiger charge is -2.29. The van der Waals surface area contributed by atoms with Gasteiger partial charge in [-0.05, 0) is 41.7 Å². The number of ether oxygens (including phenoxy) is 2. The Labute approximate surface area is 147 Å². The van der Waals surface area contributed by atoms with Crippen molar-refractivity contribution in [3.63, 3.8) is 0 Å². The smallest absolute Gasteiger partial charge is 0.410 e. The van der Waals surface area contributed by atoms with Gasteiger partial charge in [0.05, 0.1) is 12.7 Å². The summed E-state index contributed by atoms with van der Waals surface area (Å²) in [6, 6.07) is 13.4. The number of nitrogens with zero attached hydrogens (tertiary/aromatic N) is 1. The first-order chi connectivity index (χ1) is 12.1. The molecule has 0 bridgehead atoms. The van der Waals surface area contributed by atoms with Gasteiger partial charge in [0.1, 0.15) is 6.61 Å². The van der Waals surface area contributed by atoms with Crippen molar-refractivity contribution in [2.24, 2.45) is 0 Å². The standard InChI is InChI=1S/C20H21NO4/c1-14-10-16-8-9-21(12-17(16)11-18(14)19(22)24-2)20(23)25-13-15-6-4-3-5-7-15/h3-7,10-11H,8-9,12-13H2,1-2H3. The molecule has 0 spiro atoms. The molecule has 0 saturated heterocycles. The summed E-state index contributed by atoms with van der Waals surface area (Å²) < 4.78 is 10.2. The Hall–Kier alpha value is -2.82. The van der Waals surface area contributed by atoms with E-state index in [9.17, 15) is 9.59 Å². The fourth-order valence-corrected chi connectivity index (χ4v) is 3.03. The Morgan fingerprint density at radius 3 is 2.60 bits per heavy atom. The number of esters is 1. The van der Waals surface area contributed by atoms with Crippen LogP contribution in [0.25, 0.3) is 0 Å². The van der Waals surface area contributed by atoms with Gasteiger partial charge in [-0.15, -0.1) is 0 Å². The zero-order chi connectivity index (χ0) is 17.8. The molecule has 5 nitrogen and oxygen atoms in total. The molecule has 0 radical (unpaired) electrons. The summed E-state index contributed by atoms with van der Waals surface area (Å²) in [5.41, 5.74) is 4.52. The molecule has 1 heterocycles. The minimum atomic E-state index is -0.357. The van der Waals surface area contributed by atoms with Crippen molar-refractivity contribution >= 4 is 12.1 Å². The summed E-state index contributed by atoms with van der Waals surface area (Å²) in [6.45, 7) is 3.20. The molecule has 0 aliphatic carbocycles. The van der Waals surface area contributed by atoms with Crippen LogP contribution < -0.4 is 0 Å². The molecule has 0 N–H and O–H groups in total. The lowest BCUT2D eigenvalue weighted by atomic mass is 9.94. The molecule has 0 saturated carbocycles. The summed E-state index contributed by atoms with van der Waals surface area (Å²) >= 11 is 0. The lowest BCUT2D eigenvalue weighted by Crippen LogP contribution is -2.36. The highest BCUT2D eigenvalue weighted by Crippen LogP contribution is 2.24. The summed E-state index contributed by atoms with van der Waals surface area (Å²) in [5, 5.41) is 0. The van der Waals surface area contributed by atoms with Gasteiger partial charge in [-0.3, -0.25) is 0 Å². The average Bonchev–Trinajstić information content (AvgIpc) is 2.65. The van der Waals surface area contributed by atoms with Crippen LogP contribution in [-0.4, -0.2) is 30.6 Å². The number of aryl methyl sites for hydroxylation is 1. The van der Waals surface area contributed by atoms with Crippen molar-refractivity contribution < 1.29 is 19.1 Å². The zero-order valence-corrected chi connectivity index (χ0v) is 14.5. The predicted octanol–water partition coefficient (Wildman–Crippen LogP) is 3.48. The number of amides is 1. The topological polar surface area (TPSA) is 55.8 Å². The summed E-state index contributed by atoms with van der Waals surface area (Å²) in [6.07, 6.45) is 0.410. The van der Waals surface area contributed by atoms with Crippen LogP contribution in [0.2, 0.25) is 0 Å². The molecule has 25 heavy (non-hydrogen) atoms. The normalized spacial score (nSPS) is 13.1. The van der Waals surface area contributed by atoms with Crippen LogP contribution in [0.3, 0.4) is 0 Å². The van der Waals surface area contributed by atoms with Crippen molar-refractivity contribution in [3.8, 4) is 0 Å². The van der Waals surface area contributed by atoms with Gasteiger partial charge in [0, 0.05) is 13.1 Å². The minimum absolute atomic E-state index is 0.254. The van der Waals surface area contributed by atoms with E-state index in [1.165, 1.54) is 7.11 Å². The van der Waals surface area contributed by atoms with Gasteiger partial charge in [-0.25, -0.2) is 9.59 Å². The van der Waals surface area contributed by atoms with E-state index < -0.39 is 0 Å². The third kappa shape index (κ3) is 3.82. The van der Waals surface area contributed by atoms with Crippen molar-refractivity contribution in [1.82, 2.24) is 4.90 Å². The molecule has 2 aromatic carbocycles. The number of methoxy groups -OCH3 is 1. The molecular weight excluding hydrogens is 318 g/mol. The van der Waals surface area contributed by atoms with Crippen molar-refractivity contribution in [3.05, 3.63) is 70.3 Å². The lowest BCUT2D eigenvalue weighted by molar-refractivity contribution is 0.0599. The number of benzene rings is 2. The largest absolute Gasteiger partial charge is 0.465 e. The molecule has 0 unspecified atom stereocenters. The van der Waals surface area contributed by atoms with E-state index in [0.717, 1.165) is 28.7 Å². The highest BCUT2D eigenvalue weighted by molar-refractivity contribution is 5.91. The number of hydrogen-bond acceptors (Lipinski definition) is 4. The Kier molecular flexibility index (Phi) is 5.03. The fourth-order valence-electron chi connectivity index (χ4n) is 3.03. The van der Waals surface area contributed by atoms with E-state index >= 15 is 0 Å². The fraction of sp³-hybridized carbons (Fsp3) is 0.300. The van der Waals surface area contributed by atoms with E-state index in [1.54, 1.807) is 4.90 Å². The van der Waals surface area contributed by atoms with E-state index in [-0.39, 0.29) is 18.7 Å². The zero-order valence-electron chi connectivity index (χ0n) is 14.5. The van der Waals surface area contributed by atoms with E-state index in [2.05, 4.69) is 0 Å². The summed E-state index contributed by atoms with van der Waals surface area (Å²) in [7, 11) is 1.37. The van der Waals surface area contributed by atoms with Gasteiger partial charge in [-0.2, -0.15) is 0 Å². The van der Waals surface area contributed by atoms with Crippen molar-refractivity contribution in [2.75, 3.05) is 13.7 Å². The van der Waals surface area contributed by atoms with Gasteiger partial charge < -0.3 is 14.4 Å². The van der Waals surface area contributed by atoms with Crippen molar-refractivity contribution in [1.29, 1.82) is 0 Å². The second-order valence-corrected chi connectivity index (χ2v) is 6.14. The average molecular weight is 339 g/mol. The predicted molar refractivity (Wildman–Crippen MR) is 93.3 cm³/mol. The van der Waals surface area contributed by atoms with Crippen LogP contribution in [0.1, 0.15) is 32.6 Å². The highest BCUT2D eigenvalue weighted by Gasteiger charge is 2.24. The molecule has 3 rings (SSSR count). The molecule has 1 amide bonds. The maximum absolute atomic E-state index is 12.3. The van der Waals surface area contributed by atoms with Crippen molar-refractivity contribution in [2.45, 2.75) is 26.5 Å². The Bertz CT molecular complexity index is 786. The second-order valence-electron chi connectivity index (χ2n) is 6.14. The van der Waals surface area contributed by atoms with Gasteiger partial charge in [-0.1, -0.05) is 36.4 Å². The first-order valence-electron chi connectivity index (χ1n) is 8.25. The third-order valence-electron chi connectivity index (χ3n) is 4.43. The number of carbonyl (C=O) groups excluding carboxylic acids is 2. The van der Waals surface area contributed by atoms with Gasteiger partial charge in [0.2, 0.25) is 0 Å². The maximum atomic E-state index is 12.3. The molecule has 1 aliphatic heterocycles. The number of rotatable bonds is 3. The van der Waals surface area contributed by atoms with Crippen LogP contribution in [0, 0.1) is 6.92 Å². The van der Waals surface area contributed by atoms with E-state index in [0.29, 0.717) is 18.7 Å². The third-order valence-corrected chi connectivity index (χ3v) is 4.43. The summed E-state index contributed by atoms with van der Waals surface area (Å²) in [5.74, 6) is -0.357. The first-order valence-corrected chi connectivity index (χ1v) is 8.25. The number of fused-ring (bicyclic) bond motifs is 1.